The molecule has 0 aromatic heterocycles. The molecule has 1 aromatic carbocycles. The molecule has 0 bridgehead atoms. The van der Waals surface area contributed by atoms with Gasteiger partial charge in [0, 0.05) is 12.1 Å². The third-order valence-electron chi connectivity index (χ3n) is 4.58. The molecule has 3 N–H and O–H groups in total. The number of rotatable bonds is 5. The number of hydrogen-bond acceptors (Lipinski definition) is 3. The highest BCUT2D eigenvalue weighted by Crippen LogP contribution is 2.31. The normalized spacial score (nSPS) is 23.5. The number of hydrogen-bond donors (Lipinski definition) is 2. The van der Waals surface area contributed by atoms with Gasteiger partial charge in [-0.15, -0.1) is 0 Å². The third-order valence-corrected chi connectivity index (χ3v) is 4.58. The van der Waals surface area contributed by atoms with E-state index >= 15 is 0 Å². The van der Waals surface area contributed by atoms with Gasteiger partial charge in [0.1, 0.15) is 5.82 Å². The van der Waals surface area contributed by atoms with Crippen molar-refractivity contribution in [1.29, 1.82) is 0 Å². The summed E-state index contributed by atoms with van der Waals surface area (Å²) in [6.07, 6.45) is 5.34. The number of likely N-dealkylation sites (tertiary alicyclic amines) is 1. The molecular weight excluding hydrogens is 267 g/mol. The first-order valence-electron chi connectivity index (χ1n) is 8.05. The Kier molecular flexibility index (Phi) is 6.15. The molecule has 1 aromatic rings. The van der Waals surface area contributed by atoms with Crippen LogP contribution in [0.5, 0.6) is 0 Å². The van der Waals surface area contributed by atoms with Gasteiger partial charge in [-0.2, -0.15) is 0 Å². The quantitative estimate of drug-likeness (QED) is 0.878. The molecule has 3 unspecified atom stereocenters. The number of halogens is 1. The van der Waals surface area contributed by atoms with Crippen molar-refractivity contribution in [3.63, 3.8) is 0 Å². The minimum absolute atomic E-state index is 0.0115. The standard InChI is InChI=1S/C17H27FN2O/c1-2-16(19)17(13-7-9-14(18)10-8-13)20-11-5-3-4-6-15(20)12-21/h7-10,15-17,21H,2-6,11-12,19H2,1H3. The van der Waals surface area contributed by atoms with Gasteiger partial charge in [0.05, 0.1) is 12.6 Å². The maximum Gasteiger partial charge on any atom is 0.123 e. The Labute approximate surface area is 126 Å². The topological polar surface area (TPSA) is 49.5 Å². The minimum atomic E-state index is -0.225. The molecular formula is C17H27FN2O. The van der Waals surface area contributed by atoms with Crippen molar-refractivity contribution in [3.8, 4) is 0 Å². The fourth-order valence-corrected chi connectivity index (χ4v) is 3.33. The van der Waals surface area contributed by atoms with Crippen LogP contribution in [-0.2, 0) is 0 Å². The van der Waals surface area contributed by atoms with Crippen LogP contribution in [0.3, 0.4) is 0 Å². The van der Waals surface area contributed by atoms with Crippen LogP contribution in [-0.4, -0.2) is 35.2 Å². The van der Waals surface area contributed by atoms with E-state index in [1.165, 1.54) is 18.6 Å². The maximum atomic E-state index is 13.2. The molecule has 0 aliphatic carbocycles. The lowest BCUT2D eigenvalue weighted by Crippen LogP contribution is -2.47. The van der Waals surface area contributed by atoms with Gasteiger partial charge in [-0.1, -0.05) is 31.9 Å². The van der Waals surface area contributed by atoms with E-state index in [-0.39, 0.29) is 30.5 Å². The second-order valence-corrected chi connectivity index (χ2v) is 5.99. The summed E-state index contributed by atoms with van der Waals surface area (Å²) in [6, 6.07) is 6.84. The summed E-state index contributed by atoms with van der Waals surface area (Å²) in [5.74, 6) is -0.225. The molecule has 0 spiro atoms. The molecule has 21 heavy (non-hydrogen) atoms. The summed E-state index contributed by atoms with van der Waals surface area (Å²) < 4.78 is 13.2. The van der Waals surface area contributed by atoms with Gasteiger partial charge in [0.25, 0.3) is 0 Å². The van der Waals surface area contributed by atoms with Crippen molar-refractivity contribution in [3.05, 3.63) is 35.6 Å². The fraction of sp³-hybridized carbons (Fsp3) is 0.647. The molecule has 1 aliphatic heterocycles. The fourth-order valence-electron chi connectivity index (χ4n) is 3.33. The molecule has 1 heterocycles. The van der Waals surface area contributed by atoms with Crippen molar-refractivity contribution in [2.24, 2.45) is 5.73 Å². The van der Waals surface area contributed by atoms with Crippen molar-refractivity contribution in [2.75, 3.05) is 13.2 Å². The van der Waals surface area contributed by atoms with Gasteiger partial charge >= 0.3 is 0 Å². The van der Waals surface area contributed by atoms with Crippen LogP contribution in [0.2, 0.25) is 0 Å². The summed E-state index contributed by atoms with van der Waals surface area (Å²) in [4.78, 5) is 2.34. The van der Waals surface area contributed by atoms with Crippen LogP contribution < -0.4 is 5.73 Å². The molecule has 118 valence electrons. The van der Waals surface area contributed by atoms with Crippen molar-refractivity contribution in [2.45, 2.75) is 57.2 Å². The van der Waals surface area contributed by atoms with Gasteiger partial charge in [0.15, 0.2) is 0 Å². The predicted octanol–water partition coefficient (Wildman–Crippen LogP) is 2.84. The molecule has 1 aliphatic rings. The summed E-state index contributed by atoms with van der Waals surface area (Å²) in [6.45, 7) is 3.18. The third kappa shape index (κ3) is 4.02. The van der Waals surface area contributed by atoms with Crippen LogP contribution in [0.4, 0.5) is 4.39 Å². The molecule has 4 heteroatoms. The summed E-state index contributed by atoms with van der Waals surface area (Å²) in [7, 11) is 0. The molecule has 0 amide bonds. The van der Waals surface area contributed by atoms with Crippen LogP contribution >= 0.6 is 0 Å². The van der Waals surface area contributed by atoms with Crippen LogP contribution in [0.25, 0.3) is 0 Å². The Morgan fingerprint density at radius 1 is 1.29 bits per heavy atom. The number of aliphatic hydroxyl groups is 1. The zero-order chi connectivity index (χ0) is 15.2. The molecule has 3 nitrogen and oxygen atoms in total. The van der Waals surface area contributed by atoms with Crippen molar-refractivity contribution < 1.29 is 9.50 Å². The second kappa shape index (κ2) is 7.87. The van der Waals surface area contributed by atoms with Crippen molar-refractivity contribution in [1.82, 2.24) is 4.90 Å². The molecule has 0 radical (unpaired) electrons. The molecule has 1 saturated heterocycles. The number of nitrogens with two attached hydrogens (primary N) is 1. The van der Waals surface area contributed by atoms with Crippen molar-refractivity contribution >= 4 is 0 Å². The van der Waals surface area contributed by atoms with E-state index in [2.05, 4.69) is 11.8 Å². The first kappa shape index (κ1) is 16.4. The first-order valence-corrected chi connectivity index (χ1v) is 8.05. The van der Waals surface area contributed by atoms with E-state index < -0.39 is 0 Å². The zero-order valence-corrected chi connectivity index (χ0v) is 12.8. The maximum absolute atomic E-state index is 13.2. The van der Waals surface area contributed by atoms with E-state index in [0.29, 0.717) is 0 Å². The largest absolute Gasteiger partial charge is 0.395 e. The van der Waals surface area contributed by atoms with Gasteiger partial charge in [-0.25, -0.2) is 4.39 Å². The van der Waals surface area contributed by atoms with E-state index in [4.69, 9.17) is 5.73 Å². The zero-order valence-electron chi connectivity index (χ0n) is 12.8. The lowest BCUT2D eigenvalue weighted by atomic mass is 9.94. The van der Waals surface area contributed by atoms with Crippen LogP contribution in [0.15, 0.2) is 24.3 Å². The summed E-state index contributed by atoms with van der Waals surface area (Å²) >= 11 is 0. The molecule has 0 saturated carbocycles. The Morgan fingerprint density at radius 2 is 2.00 bits per heavy atom. The van der Waals surface area contributed by atoms with E-state index in [1.807, 2.05) is 12.1 Å². The highest BCUT2D eigenvalue weighted by atomic mass is 19.1. The number of nitrogens with zero attached hydrogens (tertiary/aromatic N) is 1. The average Bonchev–Trinajstić information content (AvgIpc) is 2.74. The highest BCUT2D eigenvalue weighted by Gasteiger charge is 2.31. The lowest BCUT2D eigenvalue weighted by Gasteiger charge is -2.39. The van der Waals surface area contributed by atoms with Gasteiger partial charge in [-0.05, 0) is 43.5 Å². The van der Waals surface area contributed by atoms with E-state index in [1.54, 1.807) is 0 Å². The van der Waals surface area contributed by atoms with E-state index in [0.717, 1.165) is 37.8 Å². The Morgan fingerprint density at radius 3 is 2.62 bits per heavy atom. The summed E-state index contributed by atoms with van der Waals surface area (Å²) in [5, 5.41) is 9.74. The van der Waals surface area contributed by atoms with Gasteiger partial charge in [0.2, 0.25) is 0 Å². The number of benzene rings is 1. The van der Waals surface area contributed by atoms with E-state index in [9.17, 15) is 9.50 Å². The number of aliphatic hydroxyl groups excluding tert-OH is 1. The monoisotopic (exact) mass is 294 g/mol. The second-order valence-electron chi connectivity index (χ2n) is 5.99. The first-order chi connectivity index (χ1) is 10.2. The molecule has 3 atom stereocenters. The predicted molar refractivity (Wildman–Crippen MR) is 83.5 cm³/mol. The molecule has 1 fully saturated rings. The van der Waals surface area contributed by atoms with Gasteiger partial charge in [-0.3, -0.25) is 4.90 Å². The Bertz CT molecular complexity index is 423. The molecule has 2 rings (SSSR count). The minimum Gasteiger partial charge on any atom is -0.395 e. The SMILES string of the molecule is CCC(N)C(c1ccc(F)cc1)N1CCCCCC1CO. The summed E-state index contributed by atoms with van der Waals surface area (Å²) in [5.41, 5.74) is 7.42. The van der Waals surface area contributed by atoms with Crippen LogP contribution in [0, 0.1) is 5.82 Å². The van der Waals surface area contributed by atoms with Crippen LogP contribution in [0.1, 0.15) is 50.6 Å². The highest BCUT2D eigenvalue weighted by molar-refractivity contribution is 5.22. The average molecular weight is 294 g/mol. The smallest absolute Gasteiger partial charge is 0.123 e. The Balaban J connectivity index is 2.31. The Hall–Kier alpha value is -0.970. The van der Waals surface area contributed by atoms with Gasteiger partial charge < -0.3 is 10.8 Å². The lowest BCUT2D eigenvalue weighted by molar-refractivity contribution is 0.0713.